The van der Waals surface area contributed by atoms with Crippen molar-refractivity contribution in [3.05, 3.63) is 47.4 Å². The third kappa shape index (κ3) is 3.90. The average molecular weight is 436 g/mol. The summed E-state index contributed by atoms with van der Waals surface area (Å²) < 4.78 is 57.5. The summed E-state index contributed by atoms with van der Waals surface area (Å²) in [5.41, 5.74) is 0.522. The molecule has 0 radical (unpaired) electrons. The van der Waals surface area contributed by atoms with Crippen LogP contribution in [0.5, 0.6) is 11.5 Å². The Kier molecular flexibility index (Phi) is 5.88. The van der Waals surface area contributed by atoms with Crippen LogP contribution in [0.3, 0.4) is 0 Å². The minimum atomic E-state index is -4.14. The Hall–Kier alpha value is -3.27. The zero-order chi connectivity index (χ0) is 22.1. The van der Waals surface area contributed by atoms with Gasteiger partial charge in [0, 0.05) is 11.5 Å². The number of hydrogen-bond donors (Lipinski definition) is 2. The van der Waals surface area contributed by atoms with Crippen LogP contribution in [-0.2, 0) is 14.8 Å². The molecule has 0 unspecified atom stereocenters. The number of aromatic nitrogens is 1. The maximum atomic E-state index is 13.6. The number of sulfonamides is 1. The van der Waals surface area contributed by atoms with E-state index in [1.807, 2.05) is 0 Å². The van der Waals surface area contributed by atoms with E-state index in [0.717, 1.165) is 12.1 Å². The normalized spacial score (nSPS) is 11.4. The number of nitrogens with one attached hydrogen (secondary N) is 2. The molecule has 0 fully saturated rings. The van der Waals surface area contributed by atoms with Gasteiger partial charge in [-0.25, -0.2) is 17.6 Å². The number of H-pyrrole nitrogens is 1. The molecule has 0 atom stereocenters. The van der Waals surface area contributed by atoms with Crippen molar-refractivity contribution in [2.24, 2.45) is 0 Å². The van der Waals surface area contributed by atoms with Crippen molar-refractivity contribution in [1.82, 2.24) is 4.98 Å². The third-order valence-electron chi connectivity index (χ3n) is 4.46. The first-order chi connectivity index (χ1) is 14.2. The largest absolute Gasteiger partial charge is 0.493 e. The molecule has 3 aromatic rings. The van der Waals surface area contributed by atoms with E-state index in [0.29, 0.717) is 22.4 Å². The van der Waals surface area contributed by atoms with Gasteiger partial charge in [-0.15, -0.1) is 0 Å². The van der Waals surface area contributed by atoms with Crippen LogP contribution in [0.2, 0.25) is 0 Å². The number of carbonyl (C=O) groups excluding carboxylic acids is 1. The predicted molar refractivity (Wildman–Crippen MR) is 109 cm³/mol. The van der Waals surface area contributed by atoms with Crippen LogP contribution in [0.1, 0.15) is 23.0 Å². The molecule has 1 heterocycles. The molecule has 10 heteroatoms. The number of hydrogen-bond acceptors (Lipinski definition) is 6. The molecule has 0 aliphatic rings. The lowest BCUT2D eigenvalue weighted by atomic mass is 10.2. The summed E-state index contributed by atoms with van der Waals surface area (Å²) in [6, 6.07) is 6.55. The van der Waals surface area contributed by atoms with Gasteiger partial charge >= 0.3 is 5.97 Å². The van der Waals surface area contributed by atoms with Crippen molar-refractivity contribution in [2.45, 2.75) is 18.7 Å². The van der Waals surface area contributed by atoms with Crippen LogP contribution in [-0.4, -0.2) is 40.2 Å². The highest BCUT2D eigenvalue weighted by Crippen LogP contribution is 2.38. The fraction of sp³-hybridized carbons (Fsp3) is 0.250. The number of halogens is 1. The fourth-order valence-corrected chi connectivity index (χ4v) is 4.14. The second kappa shape index (κ2) is 8.23. The first-order valence-corrected chi connectivity index (χ1v) is 10.4. The summed E-state index contributed by atoms with van der Waals surface area (Å²) in [4.78, 5) is 15.2. The van der Waals surface area contributed by atoms with Gasteiger partial charge in [-0.1, -0.05) is 0 Å². The van der Waals surface area contributed by atoms with E-state index in [-0.39, 0.29) is 28.4 Å². The molecule has 2 N–H and O–H groups in total. The maximum absolute atomic E-state index is 13.6. The number of aromatic amines is 1. The van der Waals surface area contributed by atoms with Crippen LogP contribution >= 0.6 is 0 Å². The smallest absolute Gasteiger partial charge is 0.356 e. The summed E-state index contributed by atoms with van der Waals surface area (Å²) in [5.74, 6) is -0.521. The lowest BCUT2D eigenvalue weighted by Crippen LogP contribution is -2.16. The molecule has 30 heavy (non-hydrogen) atoms. The molecule has 1 aromatic heterocycles. The van der Waals surface area contributed by atoms with Gasteiger partial charge < -0.3 is 19.2 Å². The summed E-state index contributed by atoms with van der Waals surface area (Å²) in [7, 11) is -1.24. The van der Waals surface area contributed by atoms with E-state index >= 15 is 0 Å². The van der Waals surface area contributed by atoms with E-state index in [1.54, 1.807) is 19.1 Å². The van der Waals surface area contributed by atoms with Gasteiger partial charge in [0.1, 0.15) is 5.82 Å². The Labute approximate surface area is 173 Å². The third-order valence-corrected chi connectivity index (χ3v) is 5.81. The Balaban J connectivity index is 2.19. The Morgan fingerprint density at radius 2 is 1.80 bits per heavy atom. The number of ether oxygens (including phenoxy) is 3. The molecule has 0 bridgehead atoms. The summed E-state index contributed by atoms with van der Waals surface area (Å²) >= 11 is 0. The SMILES string of the molecule is CCOC(=O)c1[nH]c2cc(OC)c(OC)cc2c1NS(=O)(=O)c1ccc(F)c(C)c1. The monoisotopic (exact) mass is 436 g/mol. The number of benzene rings is 2. The number of rotatable bonds is 7. The van der Waals surface area contributed by atoms with Crippen molar-refractivity contribution in [3.8, 4) is 11.5 Å². The highest BCUT2D eigenvalue weighted by molar-refractivity contribution is 7.92. The van der Waals surface area contributed by atoms with E-state index in [2.05, 4.69) is 9.71 Å². The van der Waals surface area contributed by atoms with Crippen LogP contribution in [0.4, 0.5) is 10.1 Å². The molecule has 0 saturated heterocycles. The zero-order valence-corrected chi connectivity index (χ0v) is 17.6. The van der Waals surface area contributed by atoms with Crippen molar-refractivity contribution in [1.29, 1.82) is 0 Å². The standard InChI is InChI=1S/C20H21FN2O6S/c1-5-29-20(24)19-18(13-9-16(27-3)17(28-4)10-15(13)22-19)23-30(25,26)12-6-7-14(21)11(2)8-12/h6-10,22-23H,5H2,1-4H3. The lowest BCUT2D eigenvalue weighted by molar-refractivity contribution is 0.0522. The van der Waals surface area contributed by atoms with Gasteiger partial charge in [0.2, 0.25) is 0 Å². The molecule has 0 aliphatic heterocycles. The number of fused-ring (bicyclic) bond motifs is 1. The van der Waals surface area contributed by atoms with Crippen LogP contribution in [0, 0.1) is 12.7 Å². The van der Waals surface area contributed by atoms with E-state index in [4.69, 9.17) is 14.2 Å². The number of esters is 1. The molecule has 0 aliphatic carbocycles. The van der Waals surface area contributed by atoms with E-state index in [9.17, 15) is 17.6 Å². The van der Waals surface area contributed by atoms with Gasteiger partial charge in [0.05, 0.1) is 36.9 Å². The molecule has 3 rings (SSSR count). The first-order valence-electron chi connectivity index (χ1n) is 8.95. The van der Waals surface area contributed by atoms with Gasteiger partial charge in [0.15, 0.2) is 17.2 Å². The second-order valence-electron chi connectivity index (χ2n) is 6.36. The Morgan fingerprint density at radius 3 is 2.40 bits per heavy atom. The summed E-state index contributed by atoms with van der Waals surface area (Å²) in [5, 5.41) is 0.373. The van der Waals surface area contributed by atoms with E-state index in [1.165, 1.54) is 27.2 Å². The van der Waals surface area contributed by atoms with Crippen molar-refractivity contribution < 1.29 is 31.8 Å². The molecule has 2 aromatic carbocycles. The number of anilines is 1. The fourth-order valence-electron chi connectivity index (χ4n) is 2.96. The first kappa shape index (κ1) is 21.4. The molecule has 0 saturated carbocycles. The van der Waals surface area contributed by atoms with Crippen molar-refractivity contribution >= 4 is 32.6 Å². The Bertz CT molecular complexity index is 1220. The minimum Gasteiger partial charge on any atom is -0.493 e. The van der Waals surface area contributed by atoms with Gasteiger partial charge in [-0.2, -0.15) is 0 Å². The van der Waals surface area contributed by atoms with E-state index < -0.39 is 21.8 Å². The Morgan fingerprint density at radius 1 is 1.13 bits per heavy atom. The molecule has 160 valence electrons. The van der Waals surface area contributed by atoms with Gasteiger partial charge in [-0.05, 0) is 43.7 Å². The van der Waals surface area contributed by atoms with Gasteiger partial charge in [-0.3, -0.25) is 4.72 Å². The lowest BCUT2D eigenvalue weighted by Gasteiger charge is -2.11. The number of methoxy groups -OCH3 is 2. The van der Waals surface area contributed by atoms with Gasteiger partial charge in [0.25, 0.3) is 10.0 Å². The molecular weight excluding hydrogens is 415 g/mol. The summed E-state index contributed by atoms with van der Waals surface area (Å²) in [6.45, 7) is 3.20. The zero-order valence-electron chi connectivity index (χ0n) is 16.8. The number of aryl methyl sites for hydroxylation is 1. The van der Waals surface area contributed by atoms with Crippen molar-refractivity contribution in [3.63, 3.8) is 0 Å². The van der Waals surface area contributed by atoms with Crippen molar-refractivity contribution in [2.75, 3.05) is 25.5 Å². The average Bonchev–Trinajstić information content (AvgIpc) is 3.05. The second-order valence-corrected chi connectivity index (χ2v) is 8.05. The quantitative estimate of drug-likeness (QED) is 0.548. The predicted octanol–water partition coefficient (Wildman–Crippen LogP) is 3.61. The topological polar surface area (TPSA) is 107 Å². The summed E-state index contributed by atoms with van der Waals surface area (Å²) in [6.07, 6.45) is 0. The highest BCUT2D eigenvalue weighted by atomic mass is 32.2. The molecule has 0 amide bonds. The van der Waals surface area contributed by atoms with Crippen LogP contribution in [0.15, 0.2) is 35.2 Å². The number of carbonyl (C=O) groups is 1. The van der Waals surface area contributed by atoms with Crippen LogP contribution < -0.4 is 14.2 Å². The molecule has 8 nitrogen and oxygen atoms in total. The maximum Gasteiger partial charge on any atom is 0.356 e. The minimum absolute atomic E-state index is 0.00798. The molecule has 0 spiro atoms. The van der Waals surface area contributed by atoms with Crippen LogP contribution in [0.25, 0.3) is 10.9 Å². The molecular formula is C20H21FN2O6S. The highest BCUT2D eigenvalue weighted by Gasteiger charge is 2.25.